The topological polar surface area (TPSA) is 0 Å². The maximum Gasteiger partial charge on any atom is 0.112 e. The van der Waals surface area contributed by atoms with Crippen LogP contribution in [0.15, 0.2) is 0 Å². The van der Waals surface area contributed by atoms with Crippen molar-refractivity contribution in [3.05, 3.63) is 0 Å². The van der Waals surface area contributed by atoms with Crippen LogP contribution in [-0.2, 0) is 29.5 Å². The SMILES string of the molecule is CC(C)SC(=S)S(=S)(=S)C(C)C. The van der Waals surface area contributed by atoms with Crippen molar-refractivity contribution in [1.82, 2.24) is 0 Å². The van der Waals surface area contributed by atoms with E-state index in [4.69, 9.17) is 34.6 Å². The first kappa shape index (κ1) is 13.2. The molecule has 0 aromatic carbocycles. The van der Waals surface area contributed by atoms with Crippen molar-refractivity contribution >= 4 is 57.0 Å². The summed E-state index contributed by atoms with van der Waals surface area (Å²) in [4.78, 5) is 0. The van der Waals surface area contributed by atoms with Gasteiger partial charge in [0.25, 0.3) is 0 Å². The first-order valence-corrected chi connectivity index (χ1v) is 8.56. The molecule has 0 heterocycles. The summed E-state index contributed by atoms with van der Waals surface area (Å²) in [6.45, 7) is 8.33. The van der Waals surface area contributed by atoms with Crippen LogP contribution >= 0.6 is 24.0 Å². The van der Waals surface area contributed by atoms with Gasteiger partial charge in [0.1, 0.15) is 3.53 Å². The third kappa shape index (κ3) is 3.96. The van der Waals surface area contributed by atoms with Crippen LogP contribution < -0.4 is 0 Å². The van der Waals surface area contributed by atoms with Gasteiger partial charge in [-0.1, -0.05) is 39.9 Å². The quantitative estimate of drug-likeness (QED) is 0.698. The van der Waals surface area contributed by atoms with Crippen molar-refractivity contribution in [2.45, 2.75) is 38.2 Å². The predicted molar refractivity (Wildman–Crippen MR) is 72.6 cm³/mol. The van der Waals surface area contributed by atoms with Gasteiger partial charge in [0.2, 0.25) is 0 Å². The van der Waals surface area contributed by atoms with E-state index < -0.39 is 7.15 Å². The number of thioether (sulfide) groups is 1. The molecule has 0 aliphatic rings. The first-order valence-electron chi connectivity index (χ1n) is 3.73. The highest BCUT2D eigenvalue weighted by Crippen LogP contribution is 2.20. The highest BCUT2D eigenvalue weighted by molar-refractivity contribution is 8.73. The maximum absolute atomic E-state index is 5.34. The van der Waals surface area contributed by atoms with E-state index in [1.54, 1.807) is 11.8 Å². The number of rotatable bonds is 2. The Balaban J connectivity index is 4.50. The van der Waals surface area contributed by atoms with Gasteiger partial charge in [-0.2, -0.15) is 0 Å². The summed E-state index contributed by atoms with van der Waals surface area (Å²) in [6.07, 6.45) is 0. The van der Waals surface area contributed by atoms with E-state index in [-0.39, 0.29) is 0 Å². The molecule has 0 nitrogen and oxygen atoms in total. The third-order valence-electron chi connectivity index (χ3n) is 1.18. The van der Waals surface area contributed by atoms with Crippen LogP contribution in [-0.4, -0.2) is 14.0 Å². The van der Waals surface area contributed by atoms with Crippen molar-refractivity contribution in [2.24, 2.45) is 0 Å². The minimum atomic E-state index is -1.51. The van der Waals surface area contributed by atoms with Crippen LogP contribution in [0.3, 0.4) is 0 Å². The van der Waals surface area contributed by atoms with Gasteiger partial charge >= 0.3 is 0 Å². The molecule has 72 valence electrons. The molecule has 0 N–H and O–H groups in total. The maximum atomic E-state index is 5.34. The van der Waals surface area contributed by atoms with Crippen molar-refractivity contribution in [3.8, 4) is 0 Å². The minimum Gasteiger partial charge on any atom is -0.104 e. The van der Waals surface area contributed by atoms with E-state index in [0.717, 1.165) is 3.53 Å². The Morgan fingerprint density at radius 1 is 1.17 bits per heavy atom. The van der Waals surface area contributed by atoms with E-state index in [1.807, 2.05) is 0 Å². The second-order valence-electron chi connectivity index (χ2n) is 3.01. The molecule has 0 rings (SSSR count). The molecule has 0 saturated heterocycles. The Bertz CT molecular complexity index is 247. The second kappa shape index (κ2) is 5.20. The molecule has 0 radical (unpaired) electrons. The van der Waals surface area contributed by atoms with E-state index in [0.29, 0.717) is 10.5 Å². The monoisotopic (exact) mass is 258 g/mol. The molecule has 0 spiro atoms. The fourth-order valence-electron chi connectivity index (χ4n) is 0.452. The highest BCUT2D eigenvalue weighted by atomic mass is 33.1. The van der Waals surface area contributed by atoms with Crippen molar-refractivity contribution in [1.29, 1.82) is 0 Å². The summed E-state index contributed by atoms with van der Waals surface area (Å²) in [6, 6.07) is 0. The summed E-state index contributed by atoms with van der Waals surface area (Å²) in [5, 5.41) is 0.829. The number of hydrogen-bond donors (Lipinski definition) is 0. The van der Waals surface area contributed by atoms with Crippen molar-refractivity contribution < 1.29 is 0 Å². The lowest BCUT2D eigenvalue weighted by atomic mass is 10.6. The van der Waals surface area contributed by atoms with Gasteiger partial charge in [-0.3, -0.25) is 0 Å². The zero-order valence-electron chi connectivity index (χ0n) is 7.70. The zero-order chi connectivity index (χ0) is 9.94. The Kier molecular flexibility index (Phi) is 5.73. The Labute approximate surface area is 94.7 Å². The fraction of sp³-hybridized carbons (Fsp3) is 0.857. The Hall–Kier alpha value is 1.23. The Morgan fingerprint density at radius 3 is 1.83 bits per heavy atom. The fourth-order valence-corrected chi connectivity index (χ4v) is 4.77. The average Bonchev–Trinajstić information content (AvgIpc) is 1.85. The Morgan fingerprint density at radius 2 is 1.58 bits per heavy atom. The molecule has 0 aliphatic carbocycles. The number of thiocarbonyl (C=S) groups is 1. The number of hydrogen-bond acceptors (Lipinski definition) is 4. The van der Waals surface area contributed by atoms with Gasteiger partial charge in [0.15, 0.2) is 0 Å². The largest absolute Gasteiger partial charge is 0.112 e. The van der Waals surface area contributed by atoms with Gasteiger partial charge in [-0.25, -0.2) is 0 Å². The van der Waals surface area contributed by atoms with Crippen LogP contribution in [0.5, 0.6) is 0 Å². The normalized spacial score (nSPS) is 12.5. The predicted octanol–water partition coefficient (Wildman–Crippen LogP) is 2.90. The van der Waals surface area contributed by atoms with Gasteiger partial charge in [0, 0.05) is 10.5 Å². The molecule has 5 heteroatoms. The molecule has 0 aliphatic heterocycles. The van der Waals surface area contributed by atoms with Crippen LogP contribution in [0.25, 0.3) is 0 Å². The smallest absolute Gasteiger partial charge is 0.104 e. The van der Waals surface area contributed by atoms with E-state index in [9.17, 15) is 0 Å². The molecule has 0 amide bonds. The molecule has 12 heavy (non-hydrogen) atoms. The second-order valence-corrected chi connectivity index (χ2v) is 12.0. The lowest BCUT2D eigenvalue weighted by Gasteiger charge is -2.16. The first-order chi connectivity index (χ1) is 5.28. The average molecular weight is 259 g/mol. The summed E-state index contributed by atoms with van der Waals surface area (Å²) < 4.78 is 0.859. The third-order valence-corrected chi connectivity index (χ3v) is 10.3. The van der Waals surface area contributed by atoms with Crippen LogP contribution in [0.1, 0.15) is 27.7 Å². The molecular weight excluding hydrogens is 244 g/mol. The van der Waals surface area contributed by atoms with Crippen LogP contribution in [0.2, 0.25) is 0 Å². The van der Waals surface area contributed by atoms with Gasteiger partial charge < -0.3 is 0 Å². The molecular formula is C7H14S5. The summed E-state index contributed by atoms with van der Waals surface area (Å²) >= 11 is 17.6. The standard InChI is InChI=1S/C7H14S5/c1-5(2)11-7(8)12(9,10)6(3)4/h5-6H,1-4H3. The van der Waals surface area contributed by atoms with Crippen molar-refractivity contribution in [2.75, 3.05) is 0 Å². The molecule has 0 saturated carbocycles. The summed E-state index contributed by atoms with van der Waals surface area (Å²) in [5.74, 6) is 0. The molecule has 0 unspecified atom stereocenters. The summed E-state index contributed by atoms with van der Waals surface area (Å²) in [7, 11) is -1.51. The van der Waals surface area contributed by atoms with Crippen LogP contribution in [0, 0.1) is 0 Å². The van der Waals surface area contributed by atoms with Gasteiger partial charge in [0.05, 0.1) is 0 Å². The van der Waals surface area contributed by atoms with E-state index in [1.165, 1.54) is 0 Å². The van der Waals surface area contributed by atoms with Gasteiger partial charge in [-0.15, -0.1) is 11.8 Å². The zero-order valence-corrected chi connectivity index (χ0v) is 11.8. The molecule has 0 atom stereocenters. The lowest BCUT2D eigenvalue weighted by molar-refractivity contribution is 1.12. The van der Waals surface area contributed by atoms with Crippen molar-refractivity contribution in [3.63, 3.8) is 0 Å². The minimum absolute atomic E-state index is 0.334. The van der Waals surface area contributed by atoms with E-state index >= 15 is 0 Å². The molecule has 0 aromatic rings. The molecule has 0 fully saturated rings. The summed E-state index contributed by atoms with van der Waals surface area (Å²) in [5.41, 5.74) is 0. The molecule has 0 aromatic heterocycles. The van der Waals surface area contributed by atoms with E-state index in [2.05, 4.69) is 27.7 Å². The highest BCUT2D eigenvalue weighted by Gasteiger charge is 2.15. The van der Waals surface area contributed by atoms with Gasteiger partial charge in [-0.05, 0) is 29.5 Å². The molecule has 0 bridgehead atoms. The lowest BCUT2D eigenvalue weighted by Crippen LogP contribution is -2.18. The van der Waals surface area contributed by atoms with Crippen LogP contribution in [0.4, 0.5) is 0 Å².